The maximum Gasteiger partial charge on any atom is 0.273 e. The van der Waals surface area contributed by atoms with Crippen LogP contribution >= 0.6 is 0 Å². The van der Waals surface area contributed by atoms with Crippen LogP contribution in [0.25, 0.3) is 0 Å². The van der Waals surface area contributed by atoms with Crippen LogP contribution in [0.3, 0.4) is 0 Å². The Kier molecular flexibility index (Phi) is 1.76. The molecule has 1 aromatic heterocycles. The summed E-state index contributed by atoms with van der Waals surface area (Å²) in [6.45, 7) is 4.64. The average molecular weight is 177 g/mol. The second kappa shape index (κ2) is 2.80. The molecule has 2 rings (SSSR count). The Bertz CT molecular complexity index is 348. The van der Waals surface area contributed by atoms with E-state index in [1.54, 1.807) is 11.1 Å². The van der Waals surface area contributed by atoms with Crippen LogP contribution in [0.5, 0.6) is 0 Å². The van der Waals surface area contributed by atoms with Crippen LogP contribution in [-0.4, -0.2) is 26.8 Å². The van der Waals surface area contributed by atoms with Gasteiger partial charge in [-0.2, -0.15) is 0 Å². The van der Waals surface area contributed by atoms with E-state index >= 15 is 0 Å². The molecule has 0 aliphatic carbocycles. The van der Waals surface area contributed by atoms with Crippen LogP contribution in [0.15, 0.2) is 12.5 Å². The second-order valence-corrected chi connectivity index (χ2v) is 3.42. The monoisotopic (exact) mass is 177 g/mol. The van der Waals surface area contributed by atoms with Crippen LogP contribution in [0.4, 0.5) is 0 Å². The quantitative estimate of drug-likeness (QED) is 0.638. The Balaban J connectivity index is 2.38. The van der Waals surface area contributed by atoms with E-state index in [2.05, 4.69) is 9.97 Å². The minimum absolute atomic E-state index is 0.0207. The predicted octanol–water partition coefficient (Wildman–Crippen LogP) is 0.841. The molecule has 0 fully saturated rings. The number of fused-ring (bicyclic) bond motifs is 1. The molecule has 1 aromatic rings. The predicted molar refractivity (Wildman–Crippen MR) is 47.0 cm³/mol. The molecule has 0 saturated carbocycles. The van der Waals surface area contributed by atoms with Gasteiger partial charge in [-0.15, -0.1) is 0 Å². The fourth-order valence-electron chi connectivity index (χ4n) is 1.48. The van der Waals surface area contributed by atoms with Crippen molar-refractivity contribution in [3.8, 4) is 0 Å². The fraction of sp³-hybridized carbons (Fsp3) is 0.444. The molecule has 0 atom stereocenters. The number of hydrogen-bond acceptors (Lipinski definition) is 3. The Labute approximate surface area is 76.6 Å². The molecule has 4 nitrogen and oxygen atoms in total. The van der Waals surface area contributed by atoms with Crippen LogP contribution in [0, 0.1) is 0 Å². The molecule has 0 aromatic carbocycles. The topological polar surface area (TPSA) is 46.1 Å². The lowest BCUT2D eigenvalue weighted by atomic mass is 10.3. The third-order valence-electron chi connectivity index (χ3n) is 2.22. The highest BCUT2D eigenvalue weighted by atomic mass is 16.2. The molecule has 13 heavy (non-hydrogen) atoms. The fourth-order valence-corrected chi connectivity index (χ4v) is 1.48. The van der Waals surface area contributed by atoms with Crippen molar-refractivity contribution in [1.82, 2.24) is 14.9 Å². The molecule has 1 aliphatic heterocycles. The summed E-state index contributed by atoms with van der Waals surface area (Å²) in [6.07, 6.45) is 3.13. The van der Waals surface area contributed by atoms with E-state index < -0.39 is 0 Å². The lowest BCUT2D eigenvalue weighted by molar-refractivity contribution is 0.0726. The molecule has 1 aliphatic rings. The zero-order valence-corrected chi connectivity index (χ0v) is 7.69. The van der Waals surface area contributed by atoms with E-state index in [4.69, 9.17) is 0 Å². The van der Waals surface area contributed by atoms with Crippen LogP contribution in [0.2, 0.25) is 0 Å². The summed E-state index contributed by atoms with van der Waals surface area (Å²) in [5.41, 5.74) is 1.49. The zero-order valence-electron chi connectivity index (χ0n) is 7.69. The SMILES string of the molecule is CC(C)N1Cc2cncnc2C1=O. The van der Waals surface area contributed by atoms with Crippen molar-refractivity contribution in [1.29, 1.82) is 0 Å². The highest BCUT2D eigenvalue weighted by Crippen LogP contribution is 2.21. The van der Waals surface area contributed by atoms with E-state index in [0.29, 0.717) is 12.2 Å². The third-order valence-corrected chi connectivity index (χ3v) is 2.22. The number of carbonyl (C=O) groups is 1. The molecule has 2 heterocycles. The number of carbonyl (C=O) groups excluding carboxylic acids is 1. The molecule has 0 unspecified atom stereocenters. The van der Waals surface area contributed by atoms with Crippen LogP contribution in [-0.2, 0) is 6.54 Å². The normalized spacial score (nSPS) is 15.3. The van der Waals surface area contributed by atoms with Gasteiger partial charge in [0, 0.05) is 17.8 Å². The van der Waals surface area contributed by atoms with Crippen molar-refractivity contribution >= 4 is 5.91 Å². The number of amides is 1. The van der Waals surface area contributed by atoms with Gasteiger partial charge >= 0.3 is 0 Å². The molecule has 68 valence electrons. The van der Waals surface area contributed by atoms with Gasteiger partial charge in [0.2, 0.25) is 0 Å². The van der Waals surface area contributed by atoms with Crippen molar-refractivity contribution in [2.24, 2.45) is 0 Å². The number of rotatable bonds is 1. The van der Waals surface area contributed by atoms with Gasteiger partial charge in [0.1, 0.15) is 12.0 Å². The number of nitrogens with zero attached hydrogens (tertiary/aromatic N) is 3. The number of hydrogen-bond donors (Lipinski definition) is 0. The molecule has 0 radical (unpaired) electrons. The summed E-state index contributed by atoms with van der Waals surface area (Å²) in [4.78, 5) is 21.3. The molecule has 0 N–H and O–H groups in total. The van der Waals surface area contributed by atoms with E-state index in [1.165, 1.54) is 6.33 Å². The largest absolute Gasteiger partial charge is 0.330 e. The number of aromatic nitrogens is 2. The Morgan fingerprint density at radius 3 is 2.92 bits per heavy atom. The van der Waals surface area contributed by atoms with E-state index in [9.17, 15) is 4.79 Å². The van der Waals surface area contributed by atoms with Gasteiger partial charge in [-0.1, -0.05) is 0 Å². The molecule has 0 spiro atoms. The average Bonchev–Trinajstić information content (AvgIpc) is 2.45. The highest BCUT2D eigenvalue weighted by Gasteiger charge is 2.30. The maximum atomic E-state index is 11.7. The molecule has 0 saturated heterocycles. The van der Waals surface area contributed by atoms with Gasteiger partial charge in [0.05, 0.1) is 6.54 Å². The van der Waals surface area contributed by atoms with Crippen LogP contribution < -0.4 is 0 Å². The maximum absolute atomic E-state index is 11.7. The van der Waals surface area contributed by atoms with Crippen molar-refractivity contribution < 1.29 is 4.79 Å². The first kappa shape index (κ1) is 8.16. The Hall–Kier alpha value is -1.45. The summed E-state index contributed by atoms with van der Waals surface area (Å²) in [5, 5.41) is 0. The van der Waals surface area contributed by atoms with Crippen LogP contribution in [0.1, 0.15) is 29.9 Å². The molecule has 1 amide bonds. The van der Waals surface area contributed by atoms with Crippen molar-refractivity contribution in [3.63, 3.8) is 0 Å². The van der Waals surface area contributed by atoms with E-state index in [-0.39, 0.29) is 11.9 Å². The van der Waals surface area contributed by atoms with E-state index in [0.717, 1.165) is 5.56 Å². The summed E-state index contributed by atoms with van der Waals surface area (Å²) in [6, 6.07) is 0.224. The first-order chi connectivity index (χ1) is 6.20. The first-order valence-electron chi connectivity index (χ1n) is 4.30. The van der Waals surface area contributed by atoms with E-state index in [1.807, 2.05) is 13.8 Å². The summed E-state index contributed by atoms with van der Waals surface area (Å²) in [5.74, 6) is 0.0207. The first-order valence-corrected chi connectivity index (χ1v) is 4.30. The summed E-state index contributed by atoms with van der Waals surface area (Å²) < 4.78 is 0. The molecular formula is C9H11N3O. The third kappa shape index (κ3) is 1.18. The van der Waals surface area contributed by atoms with Gasteiger partial charge in [0.15, 0.2) is 0 Å². The van der Waals surface area contributed by atoms with Gasteiger partial charge < -0.3 is 4.90 Å². The standard InChI is InChI=1S/C9H11N3O/c1-6(2)12-4-7-3-10-5-11-8(7)9(12)13/h3,5-6H,4H2,1-2H3. The molecule has 4 heteroatoms. The highest BCUT2D eigenvalue weighted by molar-refractivity contribution is 5.96. The van der Waals surface area contributed by atoms with Gasteiger partial charge in [-0.05, 0) is 13.8 Å². The molecular weight excluding hydrogens is 166 g/mol. The summed E-state index contributed by atoms with van der Waals surface area (Å²) in [7, 11) is 0. The van der Waals surface area contributed by atoms with Crippen molar-refractivity contribution in [2.45, 2.75) is 26.4 Å². The Morgan fingerprint density at radius 1 is 1.54 bits per heavy atom. The van der Waals surface area contributed by atoms with Gasteiger partial charge in [0.25, 0.3) is 5.91 Å². The van der Waals surface area contributed by atoms with Gasteiger partial charge in [-0.25, -0.2) is 9.97 Å². The molecule has 0 bridgehead atoms. The lowest BCUT2D eigenvalue weighted by Crippen LogP contribution is -2.31. The Morgan fingerprint density at radius 2 is 2.31 bits per heavy atom. The minimum Gasteiger partial charge on any atom is -0.330 e. The minimum atomic E-state index is 0.0207. The lowest BCUT2D eigenvalue weighted by Gasteiger charge is -2.19. The van der Waals surface area contributed by atoms with Gasteiger partial charge in [-0.3, -0.25) is 4.79 Å². The van der Waals surface area contributed by atoms with Crippen molar-refractivity contribution in [3.05, 3.63) is 23.8 Å². The van der Waals surface area contributed by atoms with Crippen molar-refractivity contribution in [2.75, 3.05) is 0 Å². The second-order valence-electron chi connectivity index (χ2n) is 3.42. The summed E-state index contributed by atoms with van der Waals surface area (Å²) >= 11 is 0. The smallest absolute Gasteiger partial charge is 0.273 e. The zero-order chi connectivity index (χ0) is 9.42.